The predicted octanol–water partition coefficient (Wildman–Crippen LogP) is 6.10. The fourth-order valence-electron chi connectivity index (χ4n) is 5.05. The highest BCUT2D eigenvalue weighted by Crippen LogP contribution is 2.33. The molecule has 14 heteroatoms. The first kappa shape index (κ1) is 37.6. The Hall–Kier alpha value is -4.85. The number of fused-ring (bicyclic) bond motifs is 1. The van der Waals surface area contributed by atoms with Crippen LogP contribution in [0.15, 0.2) is 53.3 Å². The summed E-state index contributed by atoms with van der Waals surface area (Å²) in [5.74, 6) is -5.54. The Labute approximate surface area is 274 Å². The number of hydrogen-bond acceptors (Lipinski definition) is 6. The van der Waals surface area contributed by atoms with Gasteiger partial charge in [-0.2, -0.15) is 13.2 Å². The number of benzene rings is 3. The van der Waals surface area contributed by atoms with Crippen molar-refractivity contribution in [3.63, 3.8) is 0 Å². The van der Waals surface area contributed by atoms with E-state index in [0.717, 1.165) is 32.6 Å². The van der Waals surface area contributed by atoms with Crippen LogP contribution < -0.4 is 15.8 Å². The number of carboxylic acid groups (broad SMARTS) is 1. The van der Waals surface area contributed by atoms with E-state index in [1.54, 1.807) is 16.9 Å². The van der Waals surface area contributed by atoms with Crippen molar-refractivity contribution in [1.82, 2.24) is 14.9 Å². The van der Waals surface area contributed by atoms with Gasteiger partial charge in [0.2, 0.25) is 0 Å². The number of carboxylic acids is 1. The maximum Gasteiger partial charge on any atom is 0.411 e. The number of morpholine rings is 1. The molecular weight excluding hydrogens is 639 g/mol. The number of carbonyl (C=O) groups is 2. The number of aliphatic carboxylic acids is 1. The van der Waals surface area contributed by atoms with Crippen molar-refractivity contribution in [3.8, 4) is 11.3 Å². The van der Waals surface area contributed by atoms with Crippen LogP contribution in [0.2, 0.25) is 0 Å². The lowest BCUT2D eigenvalue weighted by Gasteiger charge is -2.38. The van der Waals surface area contributed by atoms with Gasteiger partial charge in [0, 0.05) is 30.5 Å². The van der Waals surface area contributed by atoms with E-state index in [1.165, 1.54) is 5.56 Å². The summed E-state index contributed by atoms with van der Waals surface area (Å²) in [6.07, 6.45) is -4.68. The number of hydrogen-bond donors (Lipinski definition) is 2. The van der Waals surface area contributed by atoms with Crippen LogP contribution in [0.5, 0.6) is 0 Å². The average Bonchev–Trinajstić information content (AvgIpc) is 3.05. The molecule has 5 rings (SSSR count). The normalized spacial score (nSPS) is 14.4. The highest BCUT2D eigenvalue weighted by Gasteiger charge is 2.45. The summed E-state index contributed by atoms with van der Waals surface area (Å²) in [5, 5.41) is 12.5. The van der Waals surface area contributed by atoms with Crippen molar-refractivity contribution < 1.29 is 41.4 Å². The van der Waals surface area contributed by atoms with Gasteiger partial charge < -0.3 is 24.6 Å². The third-order valence-corrected chi connectivity index (χ3v) is 7.70. The van der Waals surface area contributed by atoms with Crippen molar-refractivity contribution in [2.45, 2.75) is 46.8 Å². The molecule has 0 aliphatic carbocycles. The fourth-order valence-corrected chi connectivity index (χ4v) is 5.05. The van der Waals surface area contributed by atoms with Crippen molar-refractivity contribution in [2.75, 3.05) is 31.2 Å². The van der Waals surface area contributed by atoms with E-state index in [2.05, 4.69) is 18.0 Å². The van der Waals surface area contributed by atoms with E-state index in [4.69, 9.17) is 9.84 Å². The van der Waals surface area contributed by atoms with Crippen LogP contribution in [0.4, 0.5) is 27.6 Å². The largest absolute Gasteiger partial charge is 0.480 e. The number of aromatic nitrogens is 2. The van der Waals surface area contributed by atoms with E-state index < -0.39 is 60.1 Å². The summed E-state index contributed by atoms with van der Waals surface area (Å²) in [4.78, 5) is 39.9. The van der Waals surface area contributed by atoms with Crippen LogP contribution in [0.3, 0.4) is 0 Å². The topological polar surface area (TPSA) is 114 Å². The lowest BCUT2D eigenvalue weighted by atomic mass is 9.98. The Morgan fingerprint density at radius 3 is 2.21 bits per heavy atom. The molecule has 1 aromatic heterocycles. The van der Waals surface area contributed by atoms with Gasteiger partial charge in [-0.15, -0.1) is 0 Å². The second-order valence-corrected chi connectivity index (χ2v) is 10.7. The van der Waals surface area contributed by atoms with Gasteiger partial charge >= 0.3 is 12.1 Å². The molecule has 48 heavy (non-hydrogen) atoms. The molecule has 0 radical (unpaired) electrons. The van der Waals surface area contributed by atoms with Crippen molar-refractivity contribution >= 4 is 28.3 Å². The SMILES string of the molecule is CC.Cc1nc(-c2ccc(C)c3ccccc23)c(=O)n(C)c1C.O=C(O)CNC(=O)c1c(F)cc(N2CCOCC2C(F)(F)F)cc1F. The molecule has 0 spiro atoms. The highest BCUT2D eigenvalue weighted by atomic mass is 19.4. The summed E-state index contributed by atoms with van der Waals surface area (Å²) in [6.45, 7) is 8.09. The molecular formula is C34H37F5N4O5. The van der Waals surface area contributed by atoms with Crippen molar-refractivity contribution in [2.24, 2.45) is 7.05 Å². The van der Waals surface area contributed by atoms with Crippen LogP contribution in [-0.4, -0.2) is 65.1 Å². The van der Waals surface area contributed by atoms with Gasteiger partial charge in [-0.25, -0.2) is 13.8 Å². The minimum atomic E-state index is -4.68. The third-order valence-electron chi connectivity index (χ3n) is 7.70. The average molecular weight is 677 g/mol. The van der Waals surface area contributed by atoms with Gasteiger partial charge in [-0.3, -0.25) is 14.4 Å². The van der Waals surface area contributed by atoms with Gasteiger partial charge in [-0.05, 0) is 49.2 Å². The Kier molecular flexibility index (Phi) is 12.4. The smallest absolute Gasteiger partial charge is 0.411 e. The molecule has 0 saturated carbocycles. The summed E-state index contributed by atoms with van der Waals surface area (Å²) in [7, 11) is 1.80. The Morgan fingerprint density at radius 1 is 1.02 bits per heavy atom. The summed E-state index contributed by atoms with van der Waals surface area (Å²) in [5.41, 5.74) is 2.91. The highest BCUT2D eigenvalue weighted by molar-refractivity contribution is 5.98. The molecule has 1 unspecified atom stereocenters. The van der Waals surface area contributed by atoms with Crippen LogP contribution in [0, 0.1) is 32.4 Å². The van der Waals surface area contributed by atoms with E-state index in [-0.39, 0.29) is 18.7 Å². The summed E-state index contributed by atoms with van der Waals surface area (Å²) >= 11 is 0. The van der Waals surface area contributed by atoms with E-state index in [1.807, 2.05) is 58.0 Å². The molecule has 1 saturated heterocycles. The molecule has 1 atom stereocenters. The summed E-state index contributed by atoms with van der Waals surface area (Å²) < 4.78 is 73.7. The van der Waals surface area contributed by atoms with Crippen LogP contribution >= 0.6 is 0 Å². The van der Waals surface area contributed by atoms with Crippen molar-refractivity contribution in [3.05, 3.63) is 93.0 Å². The Morgan fingerprint density at radius 2 is 1.62 bits per heavy atom. The quantitative estimate of drug-likeness (QED) is 0.246. The number of rotatable bonds is 5. The first-order valence-corrected chi connectivity index (χ1v) is 15.0. The van der Waals surface area contributed by atoms with E-state index in [0.29, 0.717) is 17.8 Å². The molecule has 2 N–H and O–H groups in total. The second kappa shape index (κ2) is 15.8. The number of nitrogens with zero attached hydrogens (tertiary/aromatic N) is 3. The summed E-state index contributed by atoms with van der Waals surface area (Å²) in [6, 6.07) is 11.3. The van der Waals surface area contributed by atoms with Crippen LogP contribution in [-0.2, 0) is 16.6 Å². The number of aryl methyl sites for hydroxylation is 2. The Balaban J connectivity index is 0.000000251. The minimum Gasteiger partial charge on any atom is -0.480 e. The number of ether oxygens (including phenoxy) is 1. The zero-order chi connectivity index (χ0) is 35.9. The number of carbonyl (C=O) groups excluding carboxylic acids is 1. The lowest BCUT2D eigenvalue weighted by molar-refractivity contribution is -0.167. The molecule has 9 nitrogen and oxygen atoms in total. The van der Waals surface area contributed by atoms with Crippen LogP contribution in [0.1, 0.15) is 41.2 Å². The zero-order valence-electron chi connectivity index (χ0n) is 27.3. The molecule has 1 aliphatic heterocycles. The molecule has 0 bridgehead atoms. The molecule has 1 aliphatic rings. The maximum absolute atomic E-state index is 14.1. The van der Waals surface area contributed by atoms with Gasteiger partial charge in [0.1, 0.15) is 35.5 Å². The molecule has 258 valence electrons. The van der Waals surface area contributed by atoms with Gasteiger partial charge in [0.05, 0.1) is 18.9 Å². The van der Waals surface area contributed by atoms with E-state index in [9.17, 15) is 36.3 Å². The number of halogens is 5. The first-order valence-electron chi connectivity index (χ1n) is 15.0. The number of anilines is 1. The number of nitrogens with one attached hydrogen (secondary N) is 1. The third kappa shape index (κ3) is 8.35. The maximum atomic E-state index is 14.1. The standard InChI is InChI=1S/C18H18N2O.C14H13F5N2O4.C2H6/c1-11-9-10-16(15-8-6-5-7-14(11)15)17-18(21)20(4)13(3)12(2)19-17;15-8-3-7(21-1-2-25-6-10(21)14(17,18)19)4-9(16)12(8)13(24)20-5-11(22)23;1-2/h5-10H,1-4H3;3-4,10H,1-2,5-6H2,(H,20,24)(H,22,23);1-2H3. The van der Waals surface area contributed by atoms with Gasteiger partial charge in [0.25, 0.3) is 11.5 Å². The van der Waals surface area contributed by atoms with Crippen LogP contribution in [0.25, 0.3) is 22.0 Å². The molecule has 4 aromatic rings. The minimum absolute atomic E-state index is 0.0490. The molecule has 1 amide bonds. The number of amides is 1. The van der Waals surface area contributed by atoms with Gasteiger partial charge in [-0.1, -0.05) is 50.2 Å². The van der Waals surface area contributed by atoms with Gasteiger partial charge in [0.15, 0.2) is 0 Å². The number of alkyl halides is 3. The molecule has 2 heterocycles. The van der Waals surface area contributed by atoms with Crippen molar-refractivity contribution in [1.29, 1.82) is 0 Å². The monoisotopic (exact) mass is 676 g/mol. The zero-order valence-corrected chi connectivity index (χ0v) is 27.3. The first-order chi connectivity index (χ1) is 22.6. The predicted molar refractivity (Wildman–Crippen MR) is 172 cm³/mol. The second-order valence-electron chi connectivity index (χ2n) is 10.7. The lowest BCUT2D eigenvalue weighted by Crippen LogP contribution is -2.53. The molecule has 1 fully saturated rings. The Bertz CT molecular complexity index is 1840. The molecule has 3 aromatic carbocycles. The van der Waals surface area contributed by atoms with E-state index >= 15 is 0 Å². The fraction of sp³-hybridized carbons (Fsp3) is 0.353.